The molecular weight excluding hydrogens is 354 g/mol. The summed E-state index contributed by atoms with van der Waals surface area (Å²) in [5.41, 5.74) is 2.54. The van der Waals surface area contributed by atoms with E-state index in [4.69, 9.17) is 4.74 Å². The van der Waals surface area contributed by atoms with E-state index in [0.29, 0.717) is 5.56 Å². The lowest BCUT2D eigenvalue weighted by Crippen LogP contribution is -2.41. The predicted octanol–water partition coefficient (Wildman–Crippen LogP) is 4.79. The Morgan fingerprint density at radius 3 is 2.74 bits per heavy atom. The van der Waals surface area contributed by atoms with Crippen molar-refractivity contribution in [2.24, 2.45) is 0 Å². The second-order valence-electron chi connectivity index (χ2n) is 6.61. The van der Waals surface area contributed by atoms with Gasteiger partial charge in [-0.3, -0.25) is 4.79 Å². The average Bonchev–Trinajstić information content (AvgIpc) is 2.47. The number of hydrogen-bond acceptors (Lipinski definition) is 2. The first-order valence-corrected chi connectivity index (χ1v) is 8.50. The molecule has 3 rings (SSSR count). The van der Waals surface area contributed by atoms with Crippen LogP contribution < -0.4 is 10.1 Å². The van der Waals surface area contributed by atoms with Crippen molar-refractivity contribution < 1.29 is 9.53 Å². The molecule has 0 aliphatic carbocycles. The van der Waals surface area contributed by atoms with Crippen LogP contribution in [0, 0.1) is 6.92 Å². The van der Waals surface area contributed by atoms with Crippen molar-refractivity contribution in [3.05, 3.63) is 63.6 Å². The van der Waals surface area contributed by atoms with Gasteiger partial charge in [-0.1, -0.05) is 29.8 Å². The van der Waals surface area contributed by atoms with Crippen LogP contribution in [0.2, 0.25) is 0 Å². The van der Waals surface area contributed by atoms with E-state index in [1.165, 1.54) is 0 Å². The van der Waals surface area contributed by atoms with E-state index in [1.54, 1.807) is 0 Å². The molecule has 0 radical (unpaired) electrons. The molecule has 2 aromatic carbocycles. The Morgan fingerprint density at radius 2 is 2.00 bits per heavy atom. The Morgan fingerprint density at radius 1 is 1.26 bits per heavy atom. The van der Waals surface area contributed by atoms with Crippen molar-refractivity contribution in [3.8, 4) is 5.75 Å². The van der Waals surface area contributed by atoms with Gasteiger partial charge in [0.25, 0.3) is 5.91 Å². The van der Waals surface area contributed by atoms with Crippen LogP contribution in [-0.4, -0.2) is 11.5 Å². The van der Waals surface area contributed by atoms with Crippen LogP contribution in [0.4, 0.5) is 0 Å². The Bertz CT molecular complexity index is 755. The number of ether oxygens (including phenoxy) is 1. The lowest BCUT2D eigenvalue weighted by molar-refractivity contribution is 0.0619. The molecule has 0 spiro atoms. The number of fused-ring (bicyclic) bond motifs is 1. The minimum atomic E-state index is -0.311. The fourth-order valence-electron chi connectivity index (χ4n) is 2.98. The monoisotopic (exact) mass is 373 g/mol. The van der Waals surface area contributed by atoms with Gasteiger partial charge in [-0.2, -0.15) is 0 Å². The Kier molecular flexibility index (Phi) is 4.19. The number of hydrogen-bond donors (Lipinski definition) is 1. The summed E-state index contributed by atoms with van der Waals surface area (Å²) in [4.78, 5) is 12.7. The molecule has 0 saturated heterocycles. The van der Waals surface area contributed by atoms with Crippen LogP contribution in [0.1, 0.15) is 47.8 Å². The Hall–Kier alpha value is -1.81. The summed E-state index contributed by atoms with van der Waals surface area (Å²) in [5.74, 6) is 0.775. The normalized spacial score (nSPS) is 18.7. The number of carbonyl (C=O) groups is 1. The van der Waals surface area contributed by atoms with Gasteiger partial charge in [-0.05, 0) is 54.9 Å². The van der Waals surface area contributed by atoms with Gasteiger partial charge in [-0.15, -0.1) is 0 Å². The maximum atomic E-state index is 12.7. The number of amides is 1. The molecule has 1 heterocycles. The molecule has 1 N–H and O–H groups in total. The smallest absolute Gasteiger partial charge is 0.252 e. The van der Waals surface area contributed by atoms with Crippen LogP contribution in [0.3, 0.4) is 0 Å². The maximum Gasteiger partial charge on any atom is 0.252 e. The van der Waals surface area contributed by atoms with Crippen molar-refractivity contribution >= 4 is 21.8 Å². The van der Waals surface area contributed by atoms with Crippen LogP contribution in [0.25, 0.3) is 0 Å². The molecule has 3 nitrogen and oxygen atoms in total. The summed E-state index contributed by atoms with van der Waals surface area (Å²) >= 11 is 3.44. The standard InChI is InChI=1S/C19H20BrNO2/c1-12-8-9-17-14(10-12)16(11-19(2,3)23-17)21-18(22)13-6-4-5-7-15(13)20/h4-10,16H,11H2,1-3H3,(H,21,22). The van der Waals surface area contributed by atoms with Gasteiger partial charge in [0.2, 0.25) is 0 Å². The van der Waals surface area contributed by atoms with E-state index in [9.17, 15) is 4.79 Å². The lowest BCUT2D eigenvalue weighted by atomic mass is 9.88. The minimum Gasteiger partial charge on any atom is -0.487 e. The molecule has 0 fully saturated rings. The summed E-state index contributed by atoms with van der Waals surface area (Å²) in [6, 6.07) is 13.5. The Balaban J connectivity index is 1.92. The molecule has 4 heteroatoms. The van der Waals surface area contributed by atoms with Gasteiger partial charge in [0.15, 0.2) is 0 Å². The number of benzene rings is 2. The number of nitrogens with one attached hydrogen (secondary N) is 1. The first kappa shape index (κ1) is 16.1. The van der Waals surface area contributed by atoms with Crippen LogP contribution in [0.15, 0.2) is 46.9 Å². The number of carbonyl (C=O) groups excluding carboxylic acids is 1. The van der Waals surface area contributed by atoms with Gasteiger partial charge in [0.1, 0.15) is 11.4 Å². The SMILES string of the molecule is Cc1ccc2c(c1)C(NC(=O)c1ccccc1Br)CC(C)(C)O2. The van der Waals surface area contributed by atoms with Gasteiger partial charge in [-0.25, -0.2) is 0 Å². The van der Waals surface area contributed by atoms with Crippen LogP contribution in [-0.2, 0) is 0 Å². The van der Waals surface area contributed by atoms with Crippen molar-refractivity contribution in [3.63, 3.8) is 0 Å². The summed E-state index contributed by atoms with van der Waals surface area (Å²) in [7, 11) is 0. The third kappa shape index (κ3) is 3.42. The van der Waals surface area contributed by atoms with Gasteiger partial charge < -0.3 is 10.1 Å². The van der Waals surface area contributed by atoms with E-state index in [-0.39, 0.29) is 17.6 Å². The van der Waals surface area contributed by atoms with Crippen molar-refractivity contribution in [1.82, 2.24) is 5.32 Å². The second-order valence-corrected chi connectivity index (χ2v) is 7.47. The number of halogens is 1. The molecule has 120 valence electrons. The lowest BCUT2D eigenvalue weighted by Gasteiger charge is -2.38. The van der Waals surface area contributed by atoms with Crippen LogP contribution in [0.5, 0.6) is 5.75 Å². The van der Waals surface area contributed by atoms with E-state index in [0.717, 1.165) is 27.8 Å². The zero-order chi connectivity index (χ0) is 16.6. The largest absolute Gasteiger partial charge is 0.487 e. The van der Waals surface area contributed by atoms with Crippen molar-refractivity contribution in [2.75, 3.05) is 0 Å². The highest BCUT2D eigenvalue weighted by atomic mass is 79.9. The van der Waals surface area contributed by atoms with E-state index in [1.807, 2.05) is 57.2 Å². The molecule has 0 bridgehead atoms. The highest BCUT2D eigenvalue weighted by molar-refractivity contribution is 9.10. The molecular formula is C19H20BrNO2. The Labute approximate surface area is 145 Å². The molecule has 23 heavy (non-hydrogen) atoms. The molecule has 0 saturated carbocycles. The van der Waals surface area contributed by atoms with Crippen LogP contribution >= 0.6 is 15.9 Å². The summed E-state index contributed by atoms with van der Waals surface area (Å²) in [6.07, 6.45) is 0.736. The van der Waals surface area contributed by atoms with Gasteiger partial charge in [0, 0.05) is 16.5 Å². The van der Waals surface area contributed by atoms with E-state index >= 15 is 0 Å². The fourth-order valence-corrected chi connectivity index (χ4v) is 3.45. The maximum absolute atomic E-state index is 12.7. The number of aryl methyl sites for hydroxylation is 1. The summed E-state index contributed by atoms with van der Waals surface area (Å²) < 4.78 is 6.85. The molecule has 1 aliphatic rings. The molecule has 0 aromatic heterocycles. The topological polar surface area (TPSA) is 38.3 Å². The van der Waals surface area contributed by atoms with Crippen molar-refractivity contribution in [1.29, 1.82) is 0 Å². The van der Waals surface area contributed by atoms with E-state index in [2.05, 4.69) is 27.3 Å². The number of rotatable bonds is 2. The summed E-state index contributed by atoms with van der Waals surface area (Å²) in [6.45, 7) is 6.15. The summed E-state index contributed by atoms with van der Waals surface area (Å²) in [5, 5.41) is 3.17. The van der Waals surface area contributed by atoms with E-state index < -0.39 is 0 Å². The third-order valence-corrected chi connectivity index (χ3v) is 4.74. The quantitative estimate of drug-likeness (QED) is 0.821. The molecule has 2 aromatic rings. The first-order chi connectivity index (χ1) is 10.9. The zero-order valence-corrected chi connectivity index (χ0v) is 15.1. The minimum absolute atomic E-state index is 0.0618. The highest BCUT2D eigenvalue weighted by Gasteiger charge is 2.34. The fraction of sp³-hybridized carbons (Fsp3) is 0.316. The molecule has 1 amide bonds. The average molecular weight is 374 g/mol. The van der Waals surface area contributed by atoms with Gasteiger partial charge >= 0.3 is 0 Å². The molecule has 1 atom stereocenters. The second kappa shape index (κ2) is 6.00. The predicted molar refractivity (Wildman–Crippen MR) is 94.9 cm³/mol. The zero-order valence-electron chi connectivity index (χ0n) is 13.5. The molecule has 1 aliphatic heterocycles. The highest BCUT2D eigenvalue weighted by Crippen LogP contribution is 2.40. The van der Waals surface area contributed by atoms with Gasteiger partial charge in [0.05, 0.1) is 11.6 Å². The molecule has 1 unspecified atom stereocenters. The third-order valence-electron chi connectivity index (χ3n) is 4.05. The first-order valence-electron chi connectivity index (χ1n) is 7.71. The van der Waals surface area contributed by atoms with Crippen molar-refractivity contribution in [2.45, 2.75) is 38.8 Å².